The number of nitrogens with one attached hydrogen (secondary N) is 1. The van der Waals surface area contributed by atoms with Crippen molar-refractivity contribution in [2.75, 3.05) is 11.6 Å². The Hall–Kier alpha value is -1.07. The lowest BCUT2D eigenvalue weighted by molar-refractivity contribution is -0.115. The maximum atomic E-state index is 11.5. The van der Waals surface area contributed by atoms with Crippen molar-refractivity contribution in [1.29, 1.82) is 0 Å². The molecule has 0 aliphatic rings. The number of sulfone groups is 1. The molecule has 0 saturated heterocycles. The van der Waals surface area contributed by atoms with Crippen LogP contribution >= 0.6 is 11.6 Å². The number of carbonyl (C=O) groups excluding carboxylic acids is 1. The van der Waals surface area contributed by atoms with Crippen LogP contribution < -0.4 is 5.32 Å². The van der Waals surface area contributed by atoms with E-state index in [4.69, 9.17) is 11.6 Å². The first-order valence-corrected chi connectivity index (χ1v) is 6.89. The highest BCUT2D eigenvalue weighted by atomic mass is 35.5. The third-order valence-electron chi connectivity index (χ3n) is 2.12. The van der Waals surface area contributed by atoms with Crippen molar-refractivity contribution in [2.45, 2.75) is 12.2 Å². The lowest BCUT2D eigenvalue weighted by Gasteiger charge is -2.10. The van der Waals surface area contributed by atoms with Crippen LogP contribution in [0.1, 0.15) is 6.92 Å². The van der Waals surface area contributed by atoms with Gasteiger partial charge in [0, 0.05) is 17.0 Å². The fourth-order valence-corrected chi connectivity index (χ4v) is 1.55. The summed E-state index contributed by atoms with van der Waals surface area (Å²) in [6, 6.07) is 6.44. The quantitative estimate of drug-likeness (QED) is 0.901. The van der Waals surface area contributed by atoms with Crippen molar-refractivity contribution < 1.29 is 13.2 Å². The first-order valence-electron chi connectivity index (χ1n) is 4.56. The minimum absolute atomic E-state index is 0.518. The zero-order valence-corrected chi connectivity index (χ0v) is 10.5. The van der Waals surface area contributed by atoms with E-state index >= 15 is 0 Å². The van der Waals surface area contributed by atoms with Crippen LogP contribution in [0.25, 0.3) is 0 Å². The van der Waals surface area contributed by atoms with Gasteiger partial charge in [-0.3, -0.25) is 4.79 Å². The maximum Gasteiger partial charge on any atom is 0.242 e. The Balaban J connectivity index is 2.76. The standard InChI is InChI=1S/C10H12ClNO3S/c1-7(16(2,14)15)10(13)12-9-5-3-8(11)4-6-9/h3-7H,1-2H3,(H,12,13)/t7-/m0/s1. The highest BCUT2D eigenvalue weighted by Gasteiger charge is 2.23. The Morgan fingerprint density at radius 3 is 2.25 bits per heavy atom. The Morgan fingerprint density at radius 2 is 1.81 bits per heavy atom. The van der Waals surface area contributed by atoms with Gasteiger partial charge in [0.2, 0.25) is 5.91 Å². The number of hydrogen-bond donors (Lipinski definition) is 1. The number of hydrogen-bond acceptors (Lipinski definition) is 3. The first-order chi connectivity index (χ1) is 7.30. The second kappa shape index (κ2) is 4.84. The number of anilines is 1. The predicted octanol–water partition coefficient (Wildman–Crippen LogP) is 1.71. The van der Waals surface area contributed by atoms with E-state index in [1.165, 1.54) is 6.92 Å². The summed E-state index contributed by atoms with van der Waals surface area (Å²) in [6.45, 7) is 1.35. The number of rotatable bonds is 3. The smallest absolute Gasteiger partial charge is 0.242 e. The van der Waals surface area contributed by atoms with Crippen molar-refractivity contribution in [3.05, 3.63) is 29.3 Å². The zero-order valence-electron chi connectivity index (χ0n) is 8.90. The average Bonchev–Trinajstić information content (AvgIpc) is 2.19. The van der Waals surface area contributed by atoms with Gasteiger partial charge < -0.3 is 5.32 Å². The van der Waals surface area contributed by atoms with E-state index in [1.54, 1.807) is 24.3 Å². The van der Waals surface area contributed by atoms with Crippen molar-refractivity contribution in [1.82, 2.24) is 0 Å². The van der Waals surface area contributed by atoms with Crippen molar-refractivity contribution in [3.8, 4) is 0 Å². The topological polar surface area (TPSA) is 63.2 Å². The molecule has 1 aromatic carbocycles. The fraction of sp³-hybridized carbons (Fsp3) is 0.300. The largest absolute Gasteiger partial charge is 0.325 e. The summed E-state index contributed by atoms with van der Waals surface area (Å²) in [5, 5.41) is 1.98. The summed E-state index contributed by atoms with van der Waals surface area (Å²) in [4.78, 5) is 11.5. The Kier molecular flexibility index (Phi) is 3.93. The van der Waals surface area contributed by atoms with E-state index in [1.807, 2.05) is 0 Å². The molecule has 1 rings (SSSR count). The van der Waals surface area contributed by atoms with Gasteiger partial charge in [-0.2, -0.15) is 0 Å². The van der Waals surface area contributed by atoms with Gasteiger partial charge in [-0.1, -0.05) is 11.6 Å². The summed E-state index contributed by atoms with van der Waals surface area (Å²) in [5.74, 6) is -0.551. The van der Waals surface area contributed by atoms with Gasteiger partial charge in [0.05, 0.1) is 0 Å². The summed E-state index contributed by atoms with van der Waals surface area (Å²) in [5.41, 5.74) is 0.518. The fourth-order valence-electron chi connectivity index (χ4n) is 0.972. The van der Waals surface area contributed by atoms with Crippen LogP contribution in [0.15, 0.2) is 24.3 Å². The Bertz CT molecular complexity index is 481. The monoisotopic (exact) mass is 261 g/mol. The van der Waals surface area contributed by atoms with E-state index < -0.39 is 21.0 Å². The zero-order chi connectivity index (χ0) is 12.3. The third kappa shape index (κ3) is 3.50. The molecule has 0 unspecified atom stereocenters. The second-order valence-electron chi connectivity index (χ2n) is 3.47. The van der Waals surface area contributed by atoms with Gasteiger partial charge in [0.15, 0.2) is 9.84 Å². The SMILES string of the molecule is C[C@@H](C(=O)Nc1ccc(Cl)cc1)S(C)(=O)=O. The van der Waals surface area contributed by atoms with E-state index in [0.717, 1.165) is 6.26 Å². The summed E-state index contributed by atoms with van der Waals surface area (Å²) in [6.07, 6.45) is 1.03. The van der Waals surface area contributed by atoms with Gasteiger partial charge in [-0.25, -0.2) is 8.42 Å². The van der Waals surface area contributed by atoms with Gasteiger partial charge in [-0.05, 0) is 31.2 Å². The maximum absolute atomic E-state index is 11.5. The molecule has 88 valence electrons. The highest BCUT2D eigenvalue weighted by molar-refractivity contribution is 7.92. The summed E-state index contributed by atoms with van der Waals surface area (Å²) < 4.78 is 22.3. The number of halogens is 1. The van der Waals surface area contributed by atoms with Crippen LogP contribution in [0, 0.1) is 0 Å². The normalized spacial score (nSPS) is 13.2. The van der Waals surface area contributed by atoms with Crippen LogP contribution in [0.2, 0.25) is 5.02 Å². The number of carbonyl (C=O) groups is 1. The molecule has 0 fully saturated rings. The van der Waals surface area contributed by atoms with Crippen molar-refractivity contribution in [2.24, 2.45) is 0 Å². The molecule has 1 atom stereocenters. The molecule has 0 aliphatic heterocycles. The van der Waals surface area contributed by atoms with Gasteiger partial charge in [0.1, 0.15) is 5.25 Å². The number of benzene rings is 1. The van der Waals surface area contributed by atoms with Crippen molar-refractivity contribution >= 4 is 33.0 Å². The Morgan fingerprint density at radius 1 is 1.31 bits per heavy atom. The van der Waals surface area contributed by atoms with E-state index in [9.17, 15) is 13.2 Å². The molecule has 1 N–H and O–H groups in total. The molecular weight excluding hydrogens is 250 g/mol. The molecule has 1 amide bonds. The van der Waals surface area contributed by atoms with E-state index in [-0.39, 0.29) is 0 Å². The van der Waals surface area contributed by atoms with Crippen LogP contribution in [-0.2, 0) is 14.6 Å². The van der Waals surface area contributed by atoms with E-state index in [2.05, 4.69) is 5.32 Å². The van der Waals surface area contributed by atoms with Gasteiger partial charge >= 0.3 is 0 Å². The van der Waals surface area contributed by atoms with Gasteiger partial charge in [-0.15, -0.1) is 0 Å². The number of amides is 1. The van der Waals surface area contributed by atoms with Crippen LogP contribution in [0.3, 0.4) is 0 Å². The Labute approximate surface area is 99.5 Å². The molecule has 1 aromatic rings. The van der Waals surface area contributed by atoms with Crippen LogP contribution in [0.5, 0.6) is 0 Å². The summed E-state index contributed by atoms with van der Waals surface area (Å²) >= 11 is 5.67. The lowest BCUT2D eigenvalue weighted by Crippen LogP contribution is -2.31. The molecule has 0 aliphatic carbocycles. The molecule has 0 heterocycles. The van der Waals surface area contributed by atoms with Crippen LogP contribution in [-0.4, -0.2) is 25.8 Å². The summed E-state index contributed by atoms with van der Waals surface area (Å²) in [7, 11) is -3.37. The average molecular weight is 262 g/mol. The lowest BCUT2D eigenvalue weighted by atomic mass is 10.3. The molecule has 16 heavy (non-hydrogen) atoms. The molecule has 4 nitrogen and oxygen atoms in total. The van der Waals surface area contributed by atoms with E-state index in [0.29, 0.717) is 10.7 Å². The highest BCUT2D eigenvalue weighted by Crippen LogP contribution is 2.14. The first kappa shape index (κ1) is 13.0. The molecule has 0 radical (unpaired) electrons. The minimum atomic E-state index is -3.37. The second-order valence-corrected chi connectivity index (χ2v) is 6.27. The molecule has 6 heteroatoms. The molecule has 0 aromatic heterocycles. The van der Waals surface area contributed by atoms with Crippen LogP contribution in [0.4, 0.5) is 5.69 Å². The predicted molar refractivity (Wildman–Crippen MR) is 64.4 cm³/mol. The molecule has 0 spiro atoms. The van der Waals surface area contributed by atoms with Gasteiger partial charge in [0.25, 0.3) is 0 Å². The minimum Gasteiger partial charge on any atom is -0.325 e. The molecular formula is C10H12ClNO3S. The van der Waals surface area contributed by atoms with Crippen molar-refractivity contribution in [3.63, 3.8) is 0 Å². The molecule has 0 saturated carbocycles. The molecule has 0 bridgehead atoms. The third-order valence-corrected chi connectivity index (χ3v) is 3.87.